The number of anilines is 1. The number of nitrogens with one attached hydrogen (secondary N) is 1. The highest BCUT2D eigenvalue weighted by molar-refractivity contribution is 5.78. The van der Waals surface area contributed by atoms with Crippen LogP contribution in [0.5, 0.6) is 11.5 Å². The van der Waals surface area contributed by atoms with E-state index in [1.54, 1.807) is 14.2 Å². The normalized spacial score (nSPS) is 13.9. The molecule has 8 nitrogen and oxygen atoms in total. The zero-order chi connectivity index (χ0) is 23.8. The first kappa shape index (κ1) is 23.5. The van der Waals surface area contributed by atoms with Crippen LogP contribution in [0.4, 0.5) is 5.82 Å². The van der Waals surface area contributed by atoms with E-state index in [-0.39, 0.29) is 5.91 Å². The largest absolute Gasteiger partial charge is 0.493 e. The van der Waals surface area contributed by atoms with Crippen LogP contribution in [0.2, 0.25) is 0 Å². The summed E-state index contributed by atoms with van der Waals surface area (Å²) < 4.78 is 10.7. The average Bonchev–Trinajstić information content (AvgIpc) is 3.15. The van der Waals surface area contributed by atoms with Gasteiger partial charge in [0.2, 0.25) is 5.91 Å². The zero-order valence-corrected chi connectivity index (χ0v) is 19.7. The van der Waals surface area contributed by atoms with Crippen molar-refractivity contribution in [3.63, 3.8) is 0 Å². The van der Waals surface area contributed by atoms with Crippen molar-refractivity contribution in [3.05, 3.63) is 66.2 Å². The molecule has 1 N–H and O–H groups in total. The van der Waals surface area contributed by atoms with Gasteiger partial charge in [0.05, 0.1) is 26.5 Å². The summed E-state index contributed by atoms with van der Waals surface area (Å²) in [5, 5.41) is 12.1. The fourth-order valence-electron chi connectivity index (χ4n) is 4.06. The van der Waals surface area contributed by atoms with Gasteiger partial charge >= 0.3 is 0 Å². The maximum Gasteiger partial charge on any atom is 0.236 e. The highest BCUT2D eigenvalue weighted by atomic mass is 16.5. The van der Waals surface area contributed by atoms with Gasteiger partial charge in [-0.05, 0) is 42.3 Å². The summed E-state index contributed by atoms with van der Waals surface area (Å²) in [4.78, 5) is 16.8. The molecular formula is C26H31N5O3. The fourth-order valence-corrected chi connectivity index (χ4v) is 4.06. The third kappa shape index (κ3) is 5.82. The molecule has 8 heteroatoms. The number of ether oxygens (including phenoxy) is 2. The third-order valence-corrected chi connectivity index (χ3v) is 5.95. The van der Waals surface area contributed by atoms with Crippen LogP contribution in [-0.4, -0.2) is 67.9 Å². The Labute approximate surface area is 200 Å². The molecule has 1 fully saturated rings. The van der Waals surface area contributed by atoms with E-state index in [1.165, 1.54) is 5.56 Å². The standard InChI is InChI=1S/C26H31N5O3/c1-33-23-11-9-21(17-24(23)34-2)22-10-12-25(29-28-22)30-13-6-14-31(16-15-30)26(32)19-27-18-20-7-4-3-5-8-20/h3-5,7-12,17,27H,6,13-16,18-19H2,1-2H3. The maximum atomic E-state index is 12.7. The molecule has 2 aromatic carbocycles. The molecule has 1 amide bonds. The molecule has 0 unspecified atom stereocenters. The molecule has 0 spiro atoms. The summed E-state index contributed by atoms with van der Waals surface area (Å²) in [6.07, 6.45) is 0.892. The molecule has 34 heavy (non-hydrogen) atoms. The van der Waals surface area contributed by atoms with Gasteiger partial charge in [-0.25, -0.2) is 0 Å². The van der Waals surface area contributed by atoms with Crippen molar-refractivity contribution in [2.45, 2.75) is 13.0 Å². The van der Waals surface area contributed by atoms with E-state index in [0.29, 0.717) is 31.1 Å². The van der Waals surface area contributed by atoms with Crippen LogP contribution in [0.1, 0.15) is 12.0 Å². The number of rotatable bonds is 8. The molecule has 2 heterocycles. The molecule has 0 atom stereocenters. The number of hydrogen-bond acceptors (Lipinski definition) is 7. The Morgan fingerprint density at radius 1 is 0.912 bits per heavy atom. The number of hydrogen-bond donors (Lipinski definition) is 1. The van der Waals surface area contributed by atoms with Crippen LogP contribution in [0.15, 0.2) is 60.7 Å². The molecule has 0 saturated carbocycles. The summed E-state index contributed by atoms with van der Waals surface area (Å²) in [7, 11) is 3.23. The number of nitrogens with zero attached hydrogens (tertiary/aromatic N) is 4. The van der Waals surface area contributed by atoms with E-state index in [2.05, 4.69) is 32.5 Å². The first-order valence-corrected chi connectivity index (χ1v) is 11.5. The third-order valence-electron chi connectivity index (χ3n) is 5.95. The Kier molecular flexibility index (Phi) is 7.93. The Morgan fingerprint density at radius 3 is 2.47 bits per heavy atom. The smallest absolute Gasteiger partial charge is 0.236 e. The lowest BCUT2D eigenvalue weighted by atomic mass is 10.1. The van der Waals surface area contributed by atoms with Crippen molar-refractivity contribution < 1.29 is 14.3 Å². The minimum atomic E-state index is 0.132. The molecule has 0 bridgehead atoms. The Balaban J connectivity index is 1.32. The second kappa shape index (κ2) is 11.5. The van der Waals surface area contributed by atoms with Gasteiger partial charge < -0.3 is 24.6 Å². The van der Waals surface area contributed by atoms with Crippen LogP contribution in [0.25, 0.3) is 11.3 Å². The van der Waals surface area contributed by atoms with E-state index >= 15 is 0 Å². The SMILES string of the molecule is COc1ccc(-c2ccc(N3CCCN(C(=O)CNCc4ccccc4)CC3)nn2)cc1OC. The minimum Gasteiger partial charge on any atom is -0.493 e. The molecule has 3 aromatic rings. The van der Waals surface area contributed by atoms with Crippen molar-refractivity contribution in [2.75, 3.05) is 51.8 Å². The van der Waals surface area contributed by atoms with Crippen molar-refractivity contribution in [3.8, 4) is 22.8 Å². The van der Waals surface area contributed by atoms with Gasteiger partial charge in [0, 0.05) is 38.3 Å². The number of carbonyl (C=O) groups excluding carboxylic acids is 1. The molecule has 178 valence electrons. The first-order valence-electron chi connectivity index (χ1n) is 11.5. The number of amides is 1. The second-order valence-corrected chi connectivity index (χ2v) is 8.16. The van der Waals surface area contributed by atoms with Gasteiger partial charge in [0.1, 0.15) is 0 Å². The molecular weight excluding hydrogens is 430 g/mol. The van der Waals surface area contributed by atoms with Crippen molar-refractivity contribution >= 4 is 11.7 Å². The van der Waals surface area contributed by atoms with Crippen molar-refractivity contribution in [1.29, 1.82) is 0 Å². The highest BCUT2D eigenvalue weighted by Gasteiger charge is 2.20. The molecule has 1 aliphatic heterocycles. The molecule has 4 rings (SSSR count). The van der Waals surface area contributed by atoms with Crippen molar-refractivity contribution in [1.82, 2.24) is 20.4 Å². The Bertz CT molecular complexity index is 1080. The number of methoxy groups -OCH3 is 2. The van der Waals surface area contributed by atoms with Gasteiger partial charge in [0.25, 0.3) is 0 Å². The summed E-state index contributed by atoms with van der Waals surface area (Å²) in [5.41, 5.74) is 2.85. The lowest BCUT2D eigenvalue weighted by Gasteiger charge is -2.22. The lowest BCUT2D eigenvalue weighted by Crippen LogP contribution is -2.40. The van der Waals surface area contributed by atoms with E-state index in [4.69, 9.17) is 9.47 Å². The second-order valence-electron chi connectivity index (χ2n) is 8.16. The molecule has 1 saturated heterocycles. The zero-order valence-electron chi connectivity index (χ0n) is 19.7. The predicted molar refractivity (Wildman–Crippen MR) is 132 cm³/mol. The summed E-state index contributed by atoms with van der Waals surface area (Å²) >= 11 is 0. The monoisotopic (exact) mass is 461 g/mol. The van der Waals surface area contributed by atoms with Gasteiger partial charge in [-0.3, -0.25) is 4.79 Å². The quantitative estimate of drug-likeness (QED) is 0.552. The van der Waals surface area contributed by atoms with Crippen LogP contribution < -0.4 is 19.7 Å². The number of aromatic nitrogens is 2. The number of carbonyl (C=O) groups is 1. The van der Waals surface area contributed by atoms with Crippen LogP contribution >= 0.6 is 0 Å². The van der Waals surface area contributed by atoms with Crippen LogP contribution in [-0.2, 0) is 11.3 Å². The molecule has 1 aromatic heterocycles. The van der Waals surface area contributed by atoms with Crippen LogP contribution in [0.3, 0.4) is 0 Å². The molecule has 0 aliphatic carbocycles. The average molecular weight is 462 g/mol. The predicted octanol–water partition coefficient (Wildman–Crippen LogP) is 2.99. The van der Waals surface area contributed by atoms with Crippen molar-refractivity contribution in [2.24, 2.45) is 0 Å². The molecule has 1 aliphatic rings. The lowest BCUT2D eigenvalue weighted by molar-refractivity contribution is -0.130. The van der Waals surface area contributed by atoms with E-state index < -0.39 is 0 Å². The van der Waals surface area contributed by atoms with E-state index in [0.717, 1.165) is 43.1 Å². The van der Waals surface area contributed by atoms with Gasteiger partial charge in [0.15, 0.2) is 17.3 Å². The maximum absolute atomic E-state index is 12.7. The van der Waals surface area contributed by atoms with E-state index in [1.807, 2.05) is 53.4 Å². The molecule has 0 radical (unpaired) electrons. The van der Waals surface area contributed by atoms with Gasteiger partial charge in [-0.2, -0.15) is 0 Å². The topological polar surface area (TPSA) is 79.8 Å². The minimum absolute atomic E-state index is 0.132. The summed E-state index contributed by atoms with van der Waals surface area (Å²) in [5.74, 6) is 2.28. The van der Waals surface area contributed by atoms with E-state index in [9.17, 15) is 4.79 Å². The highest BCUT2D eigenvalue weighted by Crippen LogP contribution is 2.31. The summed E-state index contributed by atoms with van der Waals surface area (Å²) in [6, 6.07) is 19.7. The number of benzene rings is 2. The fraction of sp³-hybridized carbons (Fsp3) is 0.346. The summed E-state index contributed by atoms with van der Waals surface area (Å²) in [6.45, 7) is 4.02. The van der Waals surface area contributed by atoms with Gasteiger partial charge in [-0.15, -0.1) is 10.2 Å². The first-order chi connectivity index (χ1) is 16.7. The Morgan fingerprint density at radius 2 is 1.74 bits per heavy atom. The Hall–Kier alpha value is -3.65. The van der Waals surface area contributed by atoms with Gasteiger partial charge in [-0.1, -0.05) is 30.3 Å². The van der Waals surface area contributed by atoms with Crippen LogP contribution in [0, 0.1) is 0 Å².